The van der Waals surface area contributed by atoms with E-state index in [1.807, 2.05) is 0 Å². The Morgan fingerprint density at radius 1 is 1.62 bits per heavy atom. The van der Waals surface area contributed by atoms with E-state index in [0.29, 0.717) is 19.4 Å². The van der Waals surface area contributed by atoms with Crippen LogP contribution in [0.3, 0.4) is 0 Å². The molecule has 1 fully saturated rings. The van der Waals surface area contributed by atoms with Crippen molar-refractivity contribution in [1.29, 1.82) is 0 Å². The number of carbonyl (C=O) groups excluding carboxylic acids is 1. The molecule has 1 amide bonds. The molecule has 0 heterocycles. The van der Waals surface area contributed by atoms with Crippen LogP contribution in [0.4, 0.5) is 0 Å². The predicted octanol–water partition coefficient (Wildman–Crippen LogP) is -0.230. The Balaban J connectivity index is 2.26. The molecule has 1 aliphatic rings. The molecule has 0 aliphatic heterocycles. The van der Waals surface area contributed by atoms with Crippen molar-refractivity contribution >= 4 is 5.91 Å². The van der Waals surface area contributed by atoms with Gasteiger partial charge in [0, 0.05) is 19.8 Å². The van der Waals surface area contributed by atoms with Crippen molar-refractivity contribution in [3.63, 3.8) is 0 Å². The molecular formula is C11H22N2O3. The summed E-state index contributed by atoms with van der Waals surface area (Å²) in [4.78, 5) is 11.7. The quantitative estimate of drug-likeness (QED) is 0.609. The molecule has 0 saturated heterocycles. The van der Waals surface area contributed by atoms with Gasteiger partial charge in [0.05, 0.1) is 12.1 Å². The Morgan fingerprint density at radius 3 is 3.00 bits per heavy atom. The van der Waals surface area contributed by atoms with Crippen LogP contribution in [-0.4, -0.2) is 42.9 Å². The third-order valence-corrected chi connectivity index (χ3v) is 2.96. The normalized spacial score (nSPS) is 27.4. The van der Waals surface area contributed by atoms with E-state index in [0.717, 1.165) is 19.3 Å². The number of hydrogen-bond donors (Lipinski definition) is 3. The molecule has 16 heavy (non-hydrogen) atoms. The van der Waals surface area contributed by atoms with Gasteiger partial charge in [0.1, 0.15) is 0 Å². The zero-order valence-electron chi connectivity index (χ0n) is 9.82. The SMILES string of the molecule is COCCC(N)C(=O)NC1CCCC(O)C1. The molecule has 0 aromatic heterocycles. The molecule has 0 radical (unpaired) electrons. The van der Waals surface area contributed by atoms with Gasteiger partial charge in [0.2, 0.25) is 5.91 Å². The van der Waals surface area contributed by atoms with Crippen LogP contribution >= 0.6 is 0 Å². The molecular weight excluding hydrogens is 208 g/mol. The summed E-state index contributed by atoms with van der Waals surface area (Å²) in [6.45, 7) is 0.488. The van der Waals surface area contributed by atoms with E-state index in [9.17, 15) is 9.90 Å². The molecule has 0 bridgehead atoms. The second kappa shape index (κ2) is 6.83. The number of hydrogen-bond acceptors (Lipinski definition) is 4. The highest BCUT2D eigenvalue weighted by Crippen LogP contribution is 2.18. The lowest BCUT2D eigenvalue weighted by atomic mass is 9.93. The lowest BCUT2D eigenvalue weighted by Gasteiger charge is -2.27. The van der Waals surface area contributed by atoms with Crippen molar-refractivity contribution in [1.82, 2.24) is 5.32 Å². The first-order valence-electron chi connectivity index (χ1n) is 5.86. The molecule has 1 saturated carbocycles. The van der Waals surface area contributed by atoms with Gasteiger partial charge in [-0.05, 0) is 32.1 Å². The Kier molecular flexibility index (Phi) is 5.73. The molecule has 1 aliphatic carbocycles. The van der Waals surface area contributed by atoms with Crippen LogP contribution in [0.2, 0.25) is 0 Å². The summed E-state index contributed by atoms with van der Waals surface area (Å²) in [5, 5.41) is 12.3. The average Bonchev–Trinajstić information content (AvgIpc) is 2.25. The van der Waals surface area contributed by atoms with Crippen LogP contribution in [0.1, 0.15) is 32.1 Å². The fourth-order valence-electron chi connectivity index (χ4n) is 1.98. The van der Waals surface area contributed by atoms with Crippen molar-refractivity contribution < 1.29 is 14.6 Å². The minimum atomic E-state index is -0.515. The monoisotopic (exact) mass is 230 g/mol. The summed E-state index contributed by atoms with van der Waals surface area (Å²) in [5.74, 6) is -0.142. The summed E-state index contributed by atoms with van der Waals surface area (Å²) in [5.41, 5.74) is 5.70. The van der Waals surface area contributed by atoms with Gasteiger partial charge in [-0.3, -0.25) is 4.79 Å². The van der Waals surface area contributed by atoms with Crippen molar-refractivity contribution in [2.45, 2.75) is 50.3 Å². The molecule has 3 unspecified atom stereocenters. The van der Waals surface area contributed by atoms with E-state index in [1.165, 1.54) is 0 Å². The van der Waals surface area contributed by atoms with Crippen LogP contribution in [0, 0.1) is 0 Å². The highest BCUT2D eigenvalue weighted by molar-refractivity contribution is 5.81. The fourth-order valence-corrected chi connectivity index (χ4v) is 1.98. The molecule has 0 spiro atoms. The van der Waals surface area contributed by atoms with E-state index in [-0.39, 0.29) is 18.1 Å². The standard InChI is InChI=1S/C11H22N2O3/c1-16-6-5-10(12)11(15)13-8-3-2-4-9(14)7-8/h8-10,14H,2-7,12H2,1H3,(H,13,15). The van der Waals surface area contributed by atoms with E-state index in [1.54, 1.807) is 7.11 Å². The van der Waals surface area contributed by atoms with Gasteiger partial charge in [0.25, 0.3) is 0 Å². The highest BCUT2D eigenvalue weighted by atomic mass is 16.5. The molecule has 5 nitrogen and oxygen atoms in total. The molecule has 0 aromatic carbocycles. The Labute approximate surface area is 96.3 Å². The lowest BCUT2D eigenvalue weighted by molar-refractivity contribution is -0.123. The second-order valence-electron chi connectivity index (χ2n) is 4.41. The van der Waals surface area contributed by atoms with Gasteiger partial charge in [-0.25, -0.2) is 0 Å². The number of ether oxygens (including phenoxy) is 1. The maximum atomic E-state index is 11.7. The van der Waals surface area contributed by atoms with Gasteiger partial charge in [0.15, 0.2) is 0 Å². The number of aliphatic hydroxyl groups is 1. The van der Waals surface area contributed by atoms with E-state index in [4.69, 9.17) is 10.5 Å². The number of carbonyl (C=O) groups is 1. The van der Waals surface area contributed by atoms with Crippen LogP contribution in [0.25, 0.3) is 0 Å². The topological polar surface area (TPSA) is 84.6 Å². The summed E-state index contributed by atoms with van der Waals surface area (Å²) in [6, 6.07) is -0.441. The number of nitrogens with one attached hydrogen (secondary N) is 1. The smallest absolute Gasteiger partial charge is 0.237 e. The van der Waals surface area contributed by atoms with E-state index in [2.05, 4.69) is 5.32 Å². The second-order valence-corrected chi connectivity index (χ2v) is 4.41. The van der Waals surface area contributed by atoms with Gasteiger partial charge >= 0.3 is 0 Å². The third kappa shape index (κ3) is 4.47. The van der Waals surface area contributed by atoms with Crippen LogP contribution in [0.5, 0.6) is 0 Å². The van der Waals surface area contributed by atoms with E-state index < -0.39 is 6.04 Å². The predicted molar refractivity (Wildman–Crippen MR) is 60.9 cm³/mol. The number of aliphatic hydroxyl groups excluding tert-OH is 1. The summed E-state index contributed by atoms with van der Waals surface area (Å²) in [7, 11) is 1.59. The summed E-state index contributed by atoms with van der Waals surface area (Å²) >= 11 is 0. The van der Waals surface area contributed by atoms with Crippen molar-refractivity contribution in [3.05, 3.63) is 0 Å². The largest absolute Gasteiger partial charge is 0.393 e. The fraction of sp³-hybridized carbons (Fsp3) is 0.909. The lowest BCUT2D eigenvalue weighted by Crippen LogP contribution is -2.47. The van der Waals surface area contributed by atoms with Crippen molar-refractivity contribution in [2.75, 3.05) is 13.7 Å². The molecule has 1 rings (SSSR count). The number of rotatable bonds is 5. The first-order chi connectivity index (χ1) is 7.63. The Hall–Kier alpha value is -0.650. The summed E-state index contributed by atoms with van der Waals surface area (Å²) in [6.07, 6.45) is 3.61. The first kappa shape index (κ1) is 13.4. The molecule has 4 N–H and O–H groups in total. The van der Waals surface area contributed by atoms with Crippen LogP contribution in [0.15, 0.2) is 0 Å². The highest BCUT2D eigenvalue weighted by Gasteiger charge is 2.23. The maximum Gasteiger partial charge on any atom is 0.237 e. The van der Waals surface area contributed by atoms with Crippen molar-refractivity contribution in [3.8, 4) is 0 Å². The minimum Gasteiger partial charge on any atom is -0.393 e. The molecule has 94 valence electrons. The zero-order chi connectivity index (χ0) is 12.0. The minimum absolute atomic E-state index is 0.0739. The maximum absolute atomic E-state index is 11.7. The first-order valence-corrected chi connectivity index (χ1v) is 5.86. The van der Waals surface area contributed by atoms with E-state index >= 15 is 0 Å². The van der Waals surface area contributed by atoms with Gasteiger partial charge in [-0.15, -0.1) is 0 Å². The molecule has 5 heteroatoms. The van der Waals surface area contributed by atoms with Crippen molar-refractivity contribution in [2.24, 2.45) is 5.73 Å². The number of amides is 1. The molecule has 0 aromatic rings. The number of nitrogens with two attached hydrogens (primary N) is 1. The Bertz CT molecular complexity index is 223. The van der Waals surface area contributed by atoms with Gasteiger partial charge < -0.3 is 20.9 Å². The van der Waals surface area contributed by atoms with Gasteiger partial charge in [-0.1, -0.05) is 0 Å². The average molecular weight is 230 g/mol. The third-order valence-electron chi connectivity index (χ3n) is 2.96. The molecule has 3 atom stereocenters. The van der Waals surface area contributed by atoms with Crippen LogP contribution < -0.4 is 11.1 Å². The zero-order valence-corrected chi connectivity index (χ0v) is 9.82. The summed E-state index contributed by atoms with van der Waals surface area (Å²) < 4.78 is 4.87. The Morgan fingerprint density at radius 2 is 2.38 bits per heavy atom. The van der Waals surface area contributed by atoms with Gasteiger partial charge in [-0.2, -0.15) is 0 Å². The number of methoxy groups -OCH3 is 1. The van der Waals surface area contributed by atoms with Crippen LogP contribution in [-0.2, 0) is 9.53 Å².